The van der Waals surface area contributed by atoms with Crippen molar-refractivity contribution >= 4 is 76.6 Å². The summed E-state index contributed by atoms with van der Waals surface area (Å²) in [5, 5.41) is 7.97. The molecule has 0 aliphatic carbocycles. The van der Waals surface area contributed by atoms with E-state index in [1.165, 1.54) is 32.6 Å². The van der Waals surface area contributed by atoms with Gasteiger partial charge in [0.25, 0.3) is 0 Å². The Labute approximate surface area is 279 Å². The number of aromatic nitrogens is 4. The van der Waals surface area contributed by atoms with Gasteiger partial charge >= 0.3 is 0 Å². The number of hydrogen-bond donors (Lipinski definition) is 0. The maximum absolute atomic E-state index is 6.44. The Hall–Kier alpha value is -6.72. The molecule has 4 heterocycles. The molecule has 49 heavy (non-hydrogen) atoms. The van der Waals surface area contributed by atoms with E-state index in [9.17, 15) is 0 Å². The molecule has 0 saturated heterocycles. The van der Waals surface area contributed by atoms with Gasteiger partial charge in [-0.1, -0.05) is 103 Å². The van der Waals surface area contributed by atoms with Crippen LogP contribution in [-0.4, -0.2) is 19.1 Å². The summed E-state index contributed by atoms with van der Waals surface area (Å²) in [6, 6.07) is 53.8. The van der Waals surface area contributed by atoms with Gasteiger partial charge in [-0.15, -0.1) is 0 Å². The predicted octanol–water partition coefficient (Wildman–Crippen LogP) is 11.4. The van der Waals surface area contributed by atoms with Gasteiger partial charge in [-0.05, 0) is 65.0 Å². The van der Waals surface area contributed by atoms with E-state index in [1.54, 1.807) is 0 Å². The Morgan fingerprint density at radius 2 is 1.08 bits per heavy atom. The third-order valence-electron chi connectivity index (χ3n) is 9.98. The van der Waals surface area contributed by atoms with Gasteiger partial charge in [0.05, 0.1) is 28.3 Å². The first-order valence-corrected chi connectivity index (χ1v) is 16.5. The predicted molar refractivity (Wildman–Crippen MR) is 201 cm³/mol. The van der Waals surface area contributed by atoms with Crippen LogP contribution in [0.3, 0.4) is 0 Å². The molecule has 0 fully saturated rings. The maximum Gasteiger partial charge on any atom is 0.248 e. The van der Waals surface area contributed by atoms with Crippen LogP contribution in [-0.2, 0) is 0 Å². The molecule has 0 amide bonds. The fraction of sp³-hybridized carbons (Fsp3) is 0. The molecule has 0 aliphatic heterocycles. The van der Waals surface area contributed by atoms with Crippen LogP contribution in [0.4, 0.5) is 0 Å². The van der Waals surface area contributed by atoms with Crippen molar-refractivity contribution in [2.75, 3.05) is 0 Å². The van der Waals surface area contributed by atoms with Crippen LogP contribution in [0, 0.1) is 0 Å². The Kier molecular flexibility index (Phi) is 5.32. The molecule has 11 rings (SSSR count). The second kappa shape index (κ2) is 9.89. The van der Waals surface area contributed by atoms with E-state index in [2.05, 4.69) is 149 Å². The van der Waals surface area contributed by atoms with E-state index in [-0.39, 0.29) is 0 Å². The number of fused-ring (bicyclic) bond motifs is 11. The smallest absolute Gasteiger partial charge is 0.248 e. The Bertz CT molecular complexity index is 3110. The van der Waals surface area contributed by atoms with Crippen molar-refractivity contribution in [3.05, 3.63) is 158 Å². The third-order valence-corrected chi connectivity index (χ3v) is 9.98. The zero-order valence-corrected chi connectivity index (χ0v) is 26.2. The van der Waals surface area contributed by atoms with Gasteiger partial charge in [0.1, 0.15) is 11.1 Å². The van der Waals surface area contributed by atoms with Crippen molar-refractivity contribution < 1.29 is 4.42 Å². The number of benzene rings is 7. The molecule has 5 nitrogen and oxygen atoms in total. The quantitative estimate of drug-likeness (QED) is 0.196. The van der Waals surface area contributed by atoms with Gasteiger partial charge in [0.15, 0.2) is 5.82 Å². The lowest BCUT2D eigenvalue weighted by molar-refractivity contribution is 0.655. The van der Waals surface area contributed by atoms with Crippen LogP contribution >= 0.6 is 0 Å². The van der Waals surface area contributed by atoms with Crippen molar-refractivity contribution in [3.8, 4) is 22.6 Å². The molecule has 0 aliphatic rings. The molecule has 4 aromatic heterocycles. The van der Waals surface area contributed by atoms with Gasteiger partial charge in [-0.2, -0.15) is 4.98 Å². The summed E-state index contributed by atoms with van der Waals surface area (Å²) in [7, 11) is 0. The fourth-order valence-electron chi connectivity index (χ4n) is 7.77. The second-order valence-corrected chi connectivity index (χ2v) is 12.7. The number of hydrogen-bond acceptors (Lipinski definition) is 3. The highest BCUT2D eigenvalue weighted by atomic mass is 16.3. The van der Waals surface area contributed by atoms with Gasteiger partial charge in [0, 0.05) is 38.0 Å². The zero-order chi connectivity index (χ0) is 32.1. The van der Waals surface area contributed by atoms with Gasteiger partial charge in [-0.25, -0.2) is 4.98 Å². The highest BCUT2D eigenvalue weighted by Gasteiger charge is 2.19. The standard InChI is InChI=1S/C44H26N4O/c1-2-11-30(12-3-1)47-37-16-8-7-15-33(37)36-24-28(20-23-39(36)47)29-19-21-34-32-14-6-9-17-38(32)48(40(34)25-29)41-26-45-42-35-22-18-27-10-4-5-13-31(27)43(35)49-44(42)46-41/h1-26H. The number of nitrogens with zero attached hydrogens (tertiary/aromatic N) is 4. The van der Waals surface area contributed by atoms with E-state index in [1.807, 2.05) is 18.3 Å². The number of para-hydroxylation sites is 3. The van der Waals surface area contributed by atoms with E-state index < -0.39 is 0 Å². The molecule has 0 radical (unpaired) electrons. The fourth-order valence-corrected chi connectivity index (χ4v) is 7.77. The molecular weight excluding hydrogens is 601 g/mol. The van der Waals surface area contributed by atoms with Crippen molar-refractivity contribution in [1.82, 2.24) is 19.1 Å². The van der Waals surface area contributed by atoms with Crippen molar-refractivity contribution in [3.63, 3.8) is 0 Å². The first-order valence-electron chi connectivity index (χ1n) is 16.5. The number of furan rings is 1. The summed E-state index contributed by atoms with van der Waals surface area (Å²) in [6.07, 6.45) is 1.87. The summed E-state index contributed by atoms with van der Waals surface area (Å²) < 4.78 is 11.0. The summed E-state index contributed by atoms with van der Waals surface area (Å²) in [5.74, 6) is 0.723. The van der Waals surface area contributed by atoms with E-state index in [0.29, 0.717) is 5.71 Å². The van der Waals surface area contributed by atoms with E-state index in [0.717, 1.165) is 60.9 Å². The maximum atomic E-state index is 6.44. The van der Waals surface area contributed by atoms with E-state index >= 15 is 0 Å². The minimum atomic E-state index is 0.534. The summed E-state index contributed by atoms with van der Waals surface area (Å²) in [4.78, 5) is 10.0. The molecule has 5 heteroatoms. The van der Waals surface area contributed by atoms with Crippen LogP contribution in [0.15, 0.2) is 162 Å². The summed E-state index contributed by atoms with van der Waals surface area (Å²) >= 11 is 0. The molecule has 0 unspecified atom stereocenters. The molecule has 228 valence electrons. The van der Waals surface area contributed by atoms with Crippen molar-refractivity contribution in [2.24, 2.45) is 0 Å². The van der Waals surface area contributed by atoms with Gasteiger partial charge < -0.3 is 8.98 Å². The van der Waals surface area contributed by atoms with Crippen molar-refractivity contribution in [1.29, 1.82) is 0 Å². The lowest BCUT2D eigenvalue weighted by atomic mass is 10.0. The molecule has 11 aromatic rings. The van der Waals surface area contributed by atoms with Crippen LogP contribution in [0.1, 0.15) is 0 Å². The minimum absolute atomic E-state index is 0.534. The van der Waals surface area contributed by atoms with Crippen LogP contribution in [0.5, 0.6) is 0 Å². The Balaban J connectivity index is 1.12. The average molecular weight is 627 g/mol. The molecule has 0 spiro atoms. The largest absolute Gasteiger partial charge is 0.436 e. The molecule has 0 atom stereocenters. The molecular formula is C44H26N4O. The van der Waals surface area contributed by atoms with Crippen LogP contribution < -0.4 is 0 Å². The first-order chi connectivity index (χ1) is 24.3. The second-order valence-electron chi connectivity index (χ2n) is 12.7. The first kappa shape index (κ1) is 26.4. The van der Waals surface area contributed by atoms with Gasteiger partial charge in [-0.3, -0.25) is 4.57 Å². The Morgan fingerprint density at radius 1 is 0.449 bits per heavy atom. The third kappa shape index (κ3) is 3.75. The van der Waals surface area contributed by atoms with Crippen molar-refractivity contribution in [2.45, 2.75) is 0 Å². The van der Waals surface area contributed by atoms with E-state index in [4.69, 9.17) is 14.4 Å². The molecule has 7 aromatic carbocycles. The van der Waals surface area contributed by atoms with Crippen LogP contribution in [0.2, 0.25) is 0 Å². The zero-order valence-electron chi connectivity index (χ0n) is 26.2. The topological polar surface area (TPSA) is 48.8 Å². The molecule has 0 N–H and O–H groups in total. The minimum Gasteiger partial charge on any atom is -0.436 e. The average Bonchev–Trinajstić information content (AvgIpc) is 3.82. The van der Waals surface area contributed by atoms with Crippen LogP contribution in [0.25, 0.3) is 99.2 Å². The SMILES string of the molecule is c1ccc(-n2c3ccccc3c3cc(-c4ccc5c6ccccc6n(-c6cnc7c(n6)oc6c8ccccc8ccc76)c5c4)ccc32)cc1. The molecule has 0 bridgehead atoms. The normalized spacial score (nSPS) is 12.1. The summed E-state index contributed by atoms with van der Waals surface area (Å²) in [6.45, 7) is 0. The highest BCUT2D eigenvalue weighted by Crippen LogP contribution is 2.39. The Morgan fingerprint density at radius 3 is 1.94 bits per heavy atom. The highest BCUT2D eigenvalue weighted by molar-refractivity contribution is 6.14. The molecule has 0 saturated carbocycles. The van der Waals surface area contributed by atoms with Gasteiger partial charge in [0.2, 0.25) is 5.71 Å². The lowest BCUT2D eigenvalue weighted by Crippen LogP contribution is -1.98. The lowest BCUT2D eigenvalue weighted by Gasteiger charge is -2.09. The number of rotatable bonds is 3. The monoisotopic (exact) mass is 626 g/mol. The summed E-state index contributed by atoms with van der Waals surface area (Å²) in [5.41, 5.74) is 10.1.